The summed E-state index contributed by atoms with van der Waals surface area (Å²) in [7, 11) is 0. The molecule has 0 aliphatic rings. The van der Waals surface area contributed by atoms with Crippen LogP contribution in [0.2, 0.25) is 0 Å². The standard InChI is InChI=1S/C61H44O20/c62-53(49-29-13-25-45(33-49)41-17-5-1-6-18-41)74-78-57(66)70-37-61(38-71-58(67)79-75-54(63)50-30-14-26-46(34-50)42-19-7-2-8-20-42,39-72-59(68)80-76-55(64)51-31-15-27-47(35-51)43-21-9-3-10-22-43)40-73-60(69)81-77-56(65)52-32-16-28-48(36-52)44-23-11-4-12-24-44/h1-36H,37-40H2. The van der Waals surface area contributed by atoms with E-state index >= 15 is 0 Å². The number of benzene rings is 8. The van der Waals surface area contributed by atoms with Crippen LogP contribution in [-0.4, -0.2) is 74.9 Å². The van der Waals surface area contributed by atoms with Crippen LogP contribution in [0.15, 0.2) is 218 Å². The van der Waals surface area contributed by atoms with Gasteiger partial charge in [0.05, 0.1) is 22.3 Å². The average Bonchev–Trinajstić information content (AvgIpc) is 3.54. The Bertz CT molecular complexity index is 3030. The van der Waals surface area contributed by atoms with Crippen molar-refractivity contribution in [3.05, 3.63) is 241 Å². The second kappa shape index (κ2) is 27.7. The van der Waals surface area contributed by atoms with Crippen molar-refractivity contribution in [2.45, 2.75) is 0 Å². The van der Waals surface area contributed by atoms with Crippen LogP contribution in [0.1, 0.15) is 41.4 Å². The lowest BCUT2D eigenvalue weighted by Crippen LogP contribution is -2.44. The Kier molecular flexibility index (Phi) is 19.1. The van der Waals surface area contributed by atoms with Crippen LogP contribution < -0.4 is 0 Å². The molecule has 81 heavy (non-hydrogen) atoms. The van der Waals surface area contributed by atoms with Gasteiger partial charge in [-0.1, -0.05) is 170 Å². The minimum atomic E-state index is -2.31. The fourth-order valence-corrected chi connectivity index (χ4v) is 7.50. The minimum Gasteiger partial charge on any atom is -0.431 e. The Balaban J connectivity index is 0.974. The summed E-state index contributed by atoms with van der Waals surface area (Å²) in [5.41, 5.74) is 3.08. The van der Waals surface area contributed by atoms with E-state index in [0.717, 1.165) is 22.3 Å². The average molecular weight is 1100 g/mol. The fraction of sp³-hybridized carbons (Fsp3) is 0.0820. The third-order valence-corrected chi connectivity index (χ3v) is 11.5. The van der Waals surface area contributed by atoms with Crippen molar-refractivity contribution in [2.75, 3.05) is 26.4 Å². The first kappa shape index (κ1) is 55.9. The highest BCUT2D eigenvalue weighted by Gasteiger charge is 2.40. The Morgan fingerprint density at radius 2 is 0.432 bits per heavy atom. The molecule has 20 heteroatoms. The Hall–Kier alpha value is -11.3. The molecule has 8 aromatic rings. The maximum absolute atomic E-state index is 13.1. The van der Waals surface area contributed by atoms with Crippen molar-refractivity contribution in [3.63, 3.8) is 0 Å². The van der Waals surface area contributed by atoms with Crippen LogP contribution in [-0.2, 0) is 58.0 Å². The monoisotopic (exact) mass is 1100 g/mol. The van der Waals surface area contributed by atoms with Crippen molar-refractivity contribution >= 4 is 48.5 Å². The molecule has 0 aromatic heterocycles. The van der Waals surface area contributed by atoms with Gasteiger partial charge in [0.15, 0.2) is 0 Å². The first-order valence-electron chi connectivity index (χ1n) is 24.2. The molecule has 0 spiro atoms. The number of carbonyl (C=O) groups excluding carboxylic acids is 8. The normalized spacial score (nSPS) is 10.6. The Morgan fingerprint density at radius 3 is 0.642 bits per heavy atom. The molecule has 8 rings (SSSR count). The number of rotatable bonds is 16. The van der Waals surface area contributed by atoms with E-state index in [4.69, 9.17) is 38.5 Å². The van der Waals surface area contributed by atoms with Crippen molar-refractivity contribution in [3.8, 4) is 44.5 Å². The van der Waals surface area contributed by atoms with Gasteiger partial charge in [-0.2, -0.15) is 19.2 Å². The van der Waals surface area contributed by atoms with Crippen LogP contribution in [0.5, 0.6) is 0 Å². The highest BCUT2D eigenvalue weighted by Crippen LogP contribution is 2.27. The highest BCUT2D eigenvalue weighted by atomic mass is 17.3. The van der Waals surface area contributed by atoms with Gasteiger partial charge in [-0.05, 0) is 93.0 Å². The molecule has 0 saturated heterocycles. The van der Waals surface area contributed by atoms with E-state index in [1.165, 1.54) is 48.5 Å². The Morgan fingerprint density at radius 1 is 0.235 bits per heavy atom. The van der Waals surface area contributed by atoms with Crippen molar-refractivity contribution < 1.29 is 96.4 Å². The lowest BCUT2D eigenvalue weighted by molar-refractivity contribution is -0.223. The summed E-state index contributed by atoms with van der Waals surface area (Å²) in [6, 6.07) is 60.6. The van der Waals surface area contributed by atoms with Gasteiger partial charge in [0, 0.05) is 0 Å². The maximum Gasteiger partial charge on any atom is 0.549 e. The summed E-state index contributed by atoms with van der Waals surface area (Å²) in [5.74, 6) is -4.54. The van der Waals surface area contributed by atoms with Gasteiger partial charge < -0.3 is 18.9 Å². The third kappa shape index (κ3) is 16.4. The summed E-state index contributed by atoms with van der Waals surface area (Å²) in [6.45, 7) is -4.54. The fourth-order valence-electron chi connectivity index (χ4n) is 7.50. The van der Waals surface area contributed by atoms with Crippen LogP contribution in [0.4, 0.5) is 19.2 Å². The zero-order valence-electron chi connectivity index (χ0n) is 42.3. The zero-order valence-corrected chi connectivity index (χ0v) is 42.3. The predicted octanol–water partition coefficient (Wildman–Crippen LogP) is 12.3. The lowest BCUT2D eigenvalue weighted by Gasteiger charge is -2.30. The van der Waals surface area contributed by atoms with E-state index < -0.39 is 80.3 Å². The van der Waals surface area contributed by atoms with Gasteiger partial charge in [0.25, 0.3) is 0 Å². The van der Waals surface area contributed by atoms with Crippen molar-refractivity contribution in [2.24, 2.45) is 5.41 Å². The Labute approximate surface area is 460 Å². The van der Waals surface area contributed by atoms with Crippen molar-refractivity contribution in [1.29, 1.82) is 0 Å². The van der Waals surface area contributed by atoms with Crippen LogP contribution in [0, 0.1) is 5.41 Å². The molecular weight excluding hydrogens is 1050 g/mol. The quantitative estimate of drug-likeness (QED) is 0.0377. The van der Waals surface area contributed by atoms with Gasteiger partial charge in [0.1, 0.15) is 31.8 Å². The molecule has 0 aliphatic heterocycles. The van der Waals surface area contributed by atoms with Gasteiger partial charge in [-0.3, -0.25) is 0 Å². The number of ether oxygens (including phenoxy) is 4. The molecule has 0 aliphatic carbocycles. The SMILES string of the molecule is O=C(OCC(COC(=O)OOC(=O)c1cccc(-c2ccccc2)c1)(COC(=O)OOC(=O)c1cccc(-c2ccccc2)c1)COC(=O)OOC(=O)c1cccc(-c2ccccc2)c1)OOC(=O)c1cccc(-c2ccccc2)c1. The second-order valence-corrected chi connectivity index (χ2v) is 17.3. The van der Waals surface area contributed by atoms with Gasteiger partial charge in [0.2, 0.25) is 0 Å². The van der Waals surface area contributed by atoms with Crippen molar-refractivity contribution in [1.82, 2.24) is 0 Å². The molecule has 0 unspecified atom stereocenters. The van der Waals surface area contributed by atoms with Gasteiger partial charge >= 0.3 is 48.5 Å². The molecule has 8 aromatic carbocycles. The van der Waals surface area contributed by atoms with E-state index in [-0.39, 0.29) is 22.3 Å². The number of carbonyl (C=O) groups is 8. The smallest absolute Gasteiger partial charge is 0.431 e. The van der Waals surface area contributed by atoms with Gasteiger partial charge in [-0.25, -0.2) is 58.3 Å². The first-order valence-corrected chi connectivity index (χ1v) is 24.2. The molecular formula is C61H44O20. The number of hydrogen-bond acceptors (Lipinski definition) is 20. The first-order chi connectivity index (χ1) is 39.4. The summed E-state index contributed by atoms with van der Waals surface area (Å²) >= 11 is 0. The van der Waals surface area contributed by atoms with E-state index in [0.29, 0.717) is 22.3 Å². The molecule has 0 bridgehead atoms. The predicted molar refractivity (Wildman–Crippen MR) is 281 cm³/mol. The molecule has 0 radical (unpaired) electrons. The number of hydrogen-bond donors (Lipinski definition) is 0. The summed E-state index contributed by atoms with van der Waals surface area (Å²) in [4.78, 5) is 142. The maximum atomic E-state index is 13.1. The largest absolute Gasteiger partial charge is 0.549 e. The van der Waals surface area contributed by atoms with E-state index in [1.54, 1.807) is 146 Å². The van der Waals surface area contributed by atoms with Crippen LogP contribution >= 0.6 is 0 Å². The second-order valence-electron chi connectivity index (χ2n) is 17.3. The lowest BCUT2D eigenvalue weighted by atomic mass is 9.92. The van der Waals surface area contributed by atoms with Crippen LogP contribution in [0.25, 0.3) is 44.5 Å². The molecule has 0 atom stereocenters. The molecule has 0 saturated carbocycles. The minimum absolute atomic E-state index is 0.0389. The summed E-state index contributed by atoms with van der Waals surface area (Å²) < 4.78 is 20.8. The highest BCUT2D eigenvalue weighted by molar-refractivity contribution is 5.93. The topological polar surface area (TPSA) is 247 Å². The van der Waals surface area contributed by atoms with E-state index in [1.807, 2.05) is 24.3 Å². The van der Waals surface area contributed by atoms with Gasteiger partial charge in [-0.15, -0.1) is 0 Å². The summed E-state index contributed by atoms with van der Waals surface area (Å²) in [5, 5.41) is 0. The molecule has 408 valence electrons. The third-order valence-electron chi connectivity index (χ3n) is 11.5. The van der Waals surface area contributed by atoms with E-state index in [2.05, 4.69) is 19.6 Å². The van der Waals surface area contributed by atoms with Crippen LogP contribution in [0.3, 0.4) is 0 Å². The zero-order chi connectivity index (χ0) is 56.8. The molecule has 20 nitrogen and oxygen atoms in total. The molecule has 0 amide bonds. The summed E-state index contributed by atoms with van der Waals surface area (Å²) in [6.07, 6.45) is -6.87. The molecule has 0 fully saturated rings. The molecule has 0 heterocycles. The molecule has 0 N–H and O–H groups in total. The van der Waals surface area contributed by atoms with E-state index in [9.17, 15) is 38.4 Å².